The fourth-order valence-corrected chi connectivity index (χ4v) is 2.97. The molecule has 22 heavy (non-hydrogen) atoms. The van der Waals surface area contributed by atoms with Crippen molar-refractivity contribution in [1.82, 2.24) is 9.88 Å². The number of carbonyl (C=O) groups excluding carboxylic acids is 2. The Bertz CT molecular complexity index is 491. The predicted octanol–water partition coefficient (Wildman–Crippen LogP) is 2.26. The van der Waals surface area contributed by atoms with Crippen molar-refractivity contribution in [3.63, 3.8) is 0 Å². The van der Waals surface area contributed by atoms with Crippen LogP contribution in [0.1, 0.15) is 31.9 Å². The molecule has 2 rings (SSSR count). The Labute approximate surface area is 135 Å². The lowest BCUT2D eigenvalue weighted by Crippen LogP contribution is -2.36. The highest BCUT2D eigenvalue weighted by atomic mass is 32.2. The van der Waals surface area contributed by atoms with E-state index in [0.29, 0.717) is 24.9 Å². The lowest BCUT2D eigenvalue weighted by Gasteiger charge is -2.21. The van der Waals surface area contributed by atoms with Gasteiger partial charge in [-0.15, -0.1) is 11.8 Å². The number of carbonyl (C=O) groups is 2. The van der Waals surface area contributed by atoms with E-state index >= 15 is 0 Å². The Morgan fingerprint density at radius 1 is 1.41 bits per heavy atom. The van der Waals surface area contributed by atoms with Crippen molar-refractivity contribution in [1.29, 1.82) is 0 Å². The lowest BCUT2D eigenvalue weighted by molar-refractivity contribution is -0.144. The van der Waals surface area contributed by atoms with Gasteiger partial charge in [-0.05, 0) is 31.9 Å². The van der Waals surface area contributed by atoms with Crippen LogP contribution >= 0.6 is 11.8 Å². The minimum Gasteiger partial charge on any atom is -0.466 e. The summed E-state index contributed by atoms with van der Waals surface area (Å²) in [6, 6.07) is 6.10. The zero-order chi connectivity index (χ0) is 15.8. The van der Waals surface area contributed by atoms with Crippen molar-refractivity contribution in [3.05, 3.63) is 30.1 Å². The number of nitrogens with zero attached hydrogens (tertiary/aromatic N) is 2. The molecular weight excluding hydrogens is 300 g/mol. The number of pyridine rings is 1. The molecule has 0 atom stereocenters. The number of ether oxygens (including phenoxy) is 1. The Kier molecular flexibility index (Phi) is 6.71. The van der Waals surface area contributed by atoms with Gasteiger partial charge >= 0.3 is 5.97 Å². The zero-order valence-corrected chi connectivity index (χ0v) is 13.7. The monoisotopic (exact) mass is 322 g/mol. The van der Waals surface area contributed by atoms with Crippen molar-refractivity contribution >= 4 is 23.6 Å². The average Bonchev–Trinajstić information content (AvgIpc) is 3.34. The van der Waals surface area contributed by atoms with Gasteiger partial charge in [-0.2, -0.15) is 0 Å². The molecule has 1 saturated carbocycles. The number of amides is 1. The molecule has 1 fully saturated rings. The SMILES string of the molecule is CCOC(=O)CCN(C(=O)CSCc1ccccn1)C1CC1. The summed E-state index contributed by atoms with van der Waals surface area (Å²) < 4.78 is 4.92. The van der Waals surface area contributed by atoms with Crippen LogP contribution in [0.2, 0.25) is 0 Å². The van der Waals surface area contributed by atoms with Crippen LogP contribution in [0.15, 0.2) is 24.4 Å². The summed E-state index contributed by atoms with van der Waals surface area (Å²) in [6.07, 6.45) is 4.12. The number of aromatic nitrogens is 1. The van der Waals surface area contributed by atoms with Crippen LogP contribution in [-0.2, 0) is 20.1 Å². The van der Waals surface area contributed by atoms with E-state index in [1.807, 2.05) is 23.1 Å². The molecular formula is C16H22N2O3S. The smallest absolute Gasteiger partial charge is 0.307 e. The molecule has 0 unspecified atom stereocenters. The first-order valence-corrected chi connectivity index (χ1v) is 8.79. The first-order chi connectivity index (χ1) is 10.7. The minimum atomic E-state index is -0.234. The molecule has 0 bridgehead atoms. The summed E-state index contributed by atoms with van der Waals surface area (Å²) in [5.41, 5.74) is 0.977. The Balaban J connectivity index is 1.74. The summed E-state index contributed by atoms with van der Waals surface area (Å²) in [7, 11) is 0. The largest absolute Gasteiger partial charge is 0.466 e. The summed E-state index contributed by atoms with van der Waals surface area (Å²) in [5, 5.41) is 0. The van der Waals surface area contributed by atoms with Gasteiger partial charge in [0, 0.05) is 24.5 Å². The molecule has 0 spiro atoms. The highest BCUT2D eigenvalue weighted by Crippen LogP contribution is 2.28. The molecule has 0 aromatic carbocycles. The highest BCUT2D eigenvalue weighted by molar-refractivity contribution is 7.99. The maximum atomic E-state index is 12.3. The molecule has 0 saturated heterocycles. The van der Waals surface area contributed by atoms with E-state index in [2.05, 4.69) is 4.98 Å². The quantitative estimate of drug-likeness (QED) is 0.653. The molecule has 1 aromatic heterocycles. The molecule has 1 amide bonds. The van der Waals surface area contributed by atoms with E-state index in [9.17, 15) is 9.59 Å². The number of rotatable bonds is 9. The van der Waals surface area contributed by atoms with E-state index in [1.165, 1.54) is 0 Å². The summed E-state index contributed by atoms with van der Waals surface area (Å²) >= 11 is 1.56. The highest BCUT2D eigenvalue weighted by Gasteiger charge is 2.32. The van der Waals surface area contributed by atoms with Gasteiger partial charge in [0.25, 0.3) is 0 Å². The van der Waals surface area contributed by atoms with E-state index in [1.54, 1.807) is 24.9 Å². The Morgan fingerprint density at radius 3 is 2.86 bits per heavy atom. The normalized spacial score (nSPS) is 13.7. The number of hydrogen-bond acceptors (Lipinski definition) is 5. The Hall–Kier alpha value is -1.56. The Morgan fingerprint density at radius 2 is 2.23 bits per heavy atom. The van der Waals surface area contributed by atoms with Crippen LogP contribution < -0.4 is 0 Å². The van der Waals surface area contributed by atoms with Gasteiger partial charge in [-0.25, -0.2) is 0 Å². The first kappa shape index (κ1) is 16.8. The summed E-state index contributed by atoms with van der Waals surface area (Å²) in [5.74, 6) is 1.02. The maximum Gasteiger partial charge on any atom is 0.307 e. The van der Waals surface area contributed by atoms with Crippen LogP contribution in [0.3, 0.4) is 0 Å². The molecule has 5 nitrogen and oxygen atoms in total. The van der Waals surface area contributed by atoms with E-state index in [4.69, 9.17) is 4.74 Å². The van der Waals surface area contributed by atoms with Crippen LogP contribution in [0, 0.1) is 0 Å². The molecule has 0 aliphatic heterocycles. The third kappa shape index (κ3) is 5.67. The number of thioether (sulfide) groups is 1. The predicted molar refractivity (Wildman–Crippen MR) is 86.4 cm³/mol. The lowest BCUT2D eigenvalue weighted by atomic mass is 10.3. The summed E-state index contributed by atoms with van der Waals surface area (Å²) in [6.45, 7) is 2.64. The standard InChI is InChI=1S/C16H22N2O3S/c1-2-21-16(20)8-10-18(14-6-7-14)15(19)12-22-11-13-5-3-4-9-17-13/h3-5,9,14H,2,6-8,10-12H2,1H3. The van der Waals surface area contributed by atoms with Crippen molar-refractivity contribution < 1.29 is 14.3 Å². The van der Waals surface area contributed by atoms with Crippen LogP contribution in [0.5, 0.6) is 0 Å². The van der Waals surface area contributed by atoms with Crippen molar-refractivity contribution in [3.8, 4) is 0 Å². The van der Waals surface area contributed by atoms with Crippen molar-refractivity contribution in [2.75, 3.05) is 18.9 Å². The van der Waals surface area contributed by atoms with Crippen LogP contribution in [0.4, 0.5) is 0 Å². The minimum absolute atomic E-state index is 0.104. The second-order valence-corrected chi connectivity index (χ2v) is 6.17. The van der Waals surface area contributed by atoms with Crippen LogP contribution in [-0.4, -0.2) is 46.7 Å². The number of hydrogen-bond donors (Lipinski definition) is 0. The van der Waals surface area contributed by atoms with Gasteiger partial charge in [0.2, 0.25) is 5.91 Å². The molecule has 120 valence electrons. The maximum absolute atomic E-state index is 12.3. The number of esters is 1. The second-order valence-electron chi connectivity index (χ2n) is 5.19. The third-order valence-corrected chi connectivity index (χ3v) is 4.32. The van der Waals surface area contributed by atoms with Gasteiger partial charge in [0.05, 0.1) is 24.5 Å². The molecule has 1 aromatic rings. The van der Waals surface area contributed by atoms with Gasteiger partial charge in [-0.3, -0.25) is 14.6 Å². The summed E-state index contributed by atoms with van der Waals surface area (Å²) in [4.78, 5) is 29.8. The second kappa shape index (κ2) is 8.78. The molecule has 0 radical (unpaired) electrons. The van der Waals surface area contributed by atoms with Gasteiger partial charge in [0.1, 0.15) is 0 Å². The van der Waals surface area contributed by atoms with Gasteiger partial charge in [0.15, 0.2) is 0 Å². The topological polar surface area (TPSA) is 59.5 Å². The van der Waals surface area contributed by atoms with E-state index < -0.39 is 0 Å². The van der Waals surface area contributed by atoms with E-state index in [0.717, 1.165) is 24.3 Å². The molecule has 0 N–H and O–H groups in total. The van der Waals surface area contributed by atoms with Gasteiger partial charge in [-0.1, -0.05) is 6.07 Å². The fraction of sp³-hybridized carbons (Fsp3) is 0.562. The first-order valence-electron chi connectivity index (χ1n) is 7.63. The third-order valence-electron chi connectivity index (χ3n) is 3.37. The van der Waals surface area contributed by atoms with E-state index in [-0.39, 0.29) is 18.3 Å². The fourth-order valence-electron chi connectivity index (χ4n) is 2.15. The zero-order valence-electron chi connectivity index (χ0n) is 12.9. The average molecular weight is 322 g/mol. The van der Waals surface area contributed by atoms with Crippen molar-refractivity contribution in [2.45, 2.75) is 38.0 Å². The molecule has 1 aliphatic rings. The van der Waals surface area contributed by atoms with Crippen LogP contribution in [0.25, 0.3) is 0 Å². The molecule has 6 heteroatoms. The van der Waals surface area contributed by atoms with Gasteiger partial charge < -0.3 is 9.64 Å². The molecule has 1 aliphatic carbocycles. The molecule has 1 heterocycles. The van der Waals surface area contributed by atoms with Crippen molar-refractivity contribution in [2.24, 2.45) is 0 Å².